The minimum atomic E-state index is -0.384. The summed E-state index contributed by atoms with van der Waals surface area (Å²) < 4.78 is 10.1. The Hall–Kier alpha value is -3.20. The third-order valence-corrected chi connectivity index (χ3v) is 6.14. The number of imidazole rings is 1. The molecule has 0 unspecified atom stereocenters. The summed E-state index contributed by atoms with van der Waals surface area (Å²) in [4.78, 5) is 31.5. The van der Waals surface area contributed by atoms with Gasteiger partial charge in [0.25, 0.3) is 5.56 Å². The summed E-state index contributed by atoms with van der Waals surface area (Å²) in [7, 11) is 1.66. The normalized spacial score (nSPS) is 15.9. The first kappa shape index (κ1) is 22.0. The molecule has 4 rings (SSSR count). The second kappa shape index (κ2) is 8.38. The number of hydrazone groups is 1. The van der Waals surface area contributed by atoms with Gasteiger partial charge in [0, 0.05) is 13.7 Å². The van der Waals surface area contributed by atoms with E-state index in [1.54, 1.807) is 12.1 Å². The molecule has 1 aliphatic heterocycles. The largest absolute Gasteiger partial charge is 0.380 e. The van der Waals surface area contributed by atoms with Crippen LogP contribution >= 0.6 is 0 Å². The highest BCUT2D eigenvalue weighted by atomic mass is 16.5. The van der Waals surface area contributed by atoms with E-state index in [2.05, 4.69) is 10.1 Å². The van der Waals surface area contributed by atoms with Crippen molar-refractivity contribution in [1.82, 2.24) is 18.7 Å². The average Bonchev–Trinajstić information content (AvgIpc) is 3.17. The molecule has 1 aromatic carbocycles. The lowest BCUT2D eigenvalue weighted by Crippen LogP contribution is -2.40. The molecule has 9 nitrogen and oxygen atoms in total. The third kappa shape index (κ3) is 3.56. The molecule has 0 saturated heterocycles. The van der Waals surface area contributed by atoms with Gasteiger partial charge in [0.05, 0.1) is 31.4 Å². The summed E-state index contributed by atoms with van der Waals surface area (Å²) in [5.41, 5.74) is 4.00. The molecule has 0 spiro atoms. The number of benzene rings is 1. The zero-order valence-electron chi connectivity index (χ0n) is 19.5. The lowest BCUT2D eigenvalue weighted by Gasteiger charge is -2.29. The molecule has 2 aromatic heterocycles. The molecule has 0 saturated carbocycles. The molecule has 0 radical (unpaired) electrons. The van der Waals surface area contributed by atoms with Crippen molar-refractivity contribution in [3.05, 3.63) is 55.7 Å². The molecule has 9 heteroatoms. The van der Waals surface area contributed by atoms with Gasteiger partial charge in [-0.1, -0.05) is 23.8 Å². The second-order valence-electron chi connectivity index (χ2n) is 8.35. The standard InChI is InChI=1S/C23H30N6O3/c1-7-32-11-10-28-22-24-20-19(29(22)17(5)16(4)25-28)21(30)27(23(31)26(20)6)13-18-12-14(2)8-9-15(18)3/h8-9,12,17H,7,10-11,13H2,1-6H3/t17-/m1/s1. The highest BCUT2D eigenvalue weighted by Gasteiger charge is 2.30. The van der Waals surface area contributed by atoms with Crippen molar-refractivity contribution in [3.8, 4) is 0 Å². The van der Waals surface area contributed by atoms with E-state index in [-0.39, 0.29) is 23.8 Å². The number of hydrogen-bond acceptors (Lipinski definition) is 6. The fraction of sp³-hybridized carbons (Fsp3) is 0.478. The van der Waals surface area contributed by atoms with Crippen molar-refractivity contribution in [2.45, 2.75) is 47.2 Å². The van der Waals surface area contributed by atoms with Gasteiger partial charge in [0.15, 0.2) is 11.2 Å². The first-order valence-electron chi connectivity index (χ1n) is 10.9. The summed E-state index contributed by atoms with van der Waals surface area (Å²) in [6.07, 6.45) is 0. The zero-order valence-corrected chi connectivity index (χ0v) is 19.5. The molecule has 3 aromatic rings. The van der Waals surface area contributed by atoms with Gasteiger partial charge in [0.2, 0.25) is 5.95 Å². The maximum absolute atomic E-state index is 13.7. The molecule has 32 heavy (non-hydrogen) atoms. The van der Waals surface area contributed by atoms with Crippen LogP contribution in [0.5, 0.6) is 0 Å². The van der Waals surface area contributed by atoms with E-state index in [0.29, 0.717) is 36.9 Å². The van der Waals surface area contributed by atoms with Crippen LogP contribution in [0.4, 0.5) is 5.95 Å². The number of aryl methyl sites for hydroxylation is 3. The van der Waals surface area contributed by atoms with E-state index in [4.69, 9.17) is 4.74 Å². The maximum Gasteiger partial charge on any atom is 0.332 e. The Bertz CT molecular complexity index is 1330. The predicted molar refractivity (Wildman–Crippen MR) is 126 cm³/mol. The van der Waals surface area contributed by atoms with Crippen molar-refractivity contribution in [3.63, 3.8) is 0 Å². The van der Waals surface area contributed by atoms with Crippen LogP contribution in [0, 0.1) is 13.8 Å². The number of nitrogens with zero attached hydrogens (tertiary/aromatic N) is 6. The Kier molecular flexibility index (Phi) is 5.77. The van der Waals surface area contributed by atoms with Gasteiger partial charge in [-0.3, -0.25) is 18.5 Å². The van der Waals surface area contributed by atoms with Crippen LogP contribution in [-0.2, 0) is 18.3 Å². The lowest BCUT2D eigenvalue weighted by atomic mass is 10.1. The molecule has 3 heterocycles. The first-order chi connectivity index (χ1) is 15.2. The van der Waals surface area contributed by atoms with Crippen molar-refractivity contribution in [1.29, 1.82) is 0 Å². The van der Waals surface area contributed by atoms with E-state index in [0.717, 1.165) is 22.4 Å². The number of fused-ring (bicyclic) bond motifs is 3. The van der Waals surface area contributed by atoms with Crippen LogP contribution in [0.2, 0.25) is 0 Å². The third-order valence-electron chi connectivity index (χ3n) is 6.14. The second-order valence-corrected chi connectivity index (χ2v) is 8.35. The molecule has 0 bridgehead atoms. The quantitative estimate of drug-likeness (QED) is 0.552. The minimum absolute atomic E-state index is 0.155. The van der Waals surface area contributed by atoms with Crippen LogP contribution in [-0.4, -0.2) is 44.2 Å². The monoisotopic (exact) mass is 438 g/mol. The number of hydrogen-bond donors (Lipinski definition) is 0. The maximum atomic E-state index is 13.7. The fourth-order valence-electron chi connectivity index (χ4n) is 4.11. The molecule has 1 atom stereocenters. The Labute approximate surface area is 186 Å². The summed E-state index contributed by atoms with van der Waals surface area (Å²) in [6, 6.07) is 5.90. The summed E-state index contributed by atoms with van der Waals surface area (Å²) >= 11 is 0. The van der Waals surface area contributed by atoms with E-state index in [1.165, 1.54) is 9.13 Å². The van der Waals surface area contributed by atoms with Gasteiger partial charge >= 0.3 is 5.69 Å². The van der Waals surface area contributed by atoms with Crippen molar-refractivity contribution >= 4 is 22.8 Å². The van der Waals surface area contributed by atoms with Crippen molar-refractivity contribution < 1.29 is 4.74 Å². The Morgan fingerprint density at radius 1 is 1.16 bits per heavy atom. The minimum Gasteiger partial charge on any atom is -0.380 e. The van der Waals surface area contributed by atoms with Gasteiger partial charge in [-0.25, -0.2) is 9.80 Å². The molecular formula is C23H30N6O3. The summed E-state index contributed by atoms with van der Waals surface area (Å²) in [5.74, 6) is 0.550. The first-order valence-corrected chi connectivity index (χ1v) is 10.9. The highest BCUT2D eigenvalue weighted by Crippen LogP contribution is 2.29. The van der Waals surface area contributed by atoms with Crippen LogP contribution in [0.1, 0.15) is 43.5 Å². The number of ether oxygens (including phenoxy) is 1. The lowest BCUT2D eigenvalue weighted by molar-refractivity contribution is 0.153. The number of rotatable bonds is 6. The Morgan fingerprint density at radius 2 is 1.91 bits per heavy atom. The molecule has 0 N–H and O–H groups in total. The topological polar surface area (TPSA) is 86.7 Å². The number of aromatic nitrogens is 4. The predicted octanol–water partition coefficient (Wildman–Crippen LogP) is 2.36. The summed E-state index contributed by atoms with van der Waals surface area (Å²) in [5, 5.41) is 6.41. The average molecular weight is 439 g/mol. The van der Waals surface area contributed by atoms with Crippen LogP contribution < -0.4 is 16.3 Å². The van der Waals surface area contributed by atoms with E-state index in [1.807, 2.05) is 57.4 Å². The molecular weight excluding hydrogens is 408 g/mol. The highest BCUT2D eigenvalue weighted by molar-refractivity contribution is 5.91. The van der Waals surface area contributed by atoms with Crippen molar-refractivity contribution in [2.75, 3.05) is 24.8 Å². The van der Waals surface area contributed by atoms with Gasteiger partial charge < -0.3 is 4.74 Å². The van der Waals surface area contributed by atoms with Gasteiger partial charge in [-0.2, -0.15) is 10.1 Å². The molecule has 0 amide bonds. The summed E-state index contributed by atoms with van der Waals surface area (Å²) in [6.45, 7) is 11.7. The molecule has 0 aliphatic carbocycles. The van der Waals surface area contributed by atoms with Crippen LogP contribution in [0.3, 0.4) is 0 Å². The smallest absolute Gasteiger partial charge is 0.332 e. The van der Waals surface area contributed by atoms with E-state index in [9.17, 15) is 9.59 Å². The van der Waals surface area contributed by atoms with Gasteiger partial charge in [-0.05, 0) is 45.7 Å². The van der Waals surface area contributed by atoms with Gasteiger partial charge in [-0.15, -0.1) is 0 Å². The molecule has 1 aliphatic rings. The molecule has 170 valence electrons. The SMILES string of the molecule is CCOCCN1N=C(C)[C@@H](C)n2c1nc1c2c(=O)n(Cc2cc(C)ccc2C)c(=O)n1C. The van der Waals surface area contributed by atoms with Crippen LogP contribution in [0.15, 0.2) is 32.9 Å². The zero-order chi connectivity index (χ0) is 23.2. The van der Waals surface area contributed by atoms with Gasteiger partial charge in [0.1, 0.15) is 0 Å². The number of anilines is 1. The van der Waals surface area contributed by atoms with E-state index >= 15 is 0 Å². The van der Waals surface area contributed by atoms with Crippen molar-refractivity contribution in [2.24, 2.45) is 12.1 Å². The van der Waals surface area contributed by atoms with E-state index < -0.39 is 0 Å². The molecule has 0 fully saturated rings. The Morgan fingerprint density at radius 3 is 2.62 bits per heavy atom. The van der Waals surface area contributed by atoms with Crippen LogP contribution in [0.25, 0.3) is 11.2 Å². The fourth-order valence-corrected chi connectivity index (χ4v) is 4.11. The Balaban J connectivity index is 1.91.